The summed E-state index contributed by atoms with van der Waals surface area (Å²) in [7, 11) is 0. The molecule has 0 saturated carbocycles. The van der Waals surface area contributed by atoms with Gasteiger partial charge in [0.15, 0.2) is 28.4 Å². The normalized spacial score (nSPS) is 11.3. The first-order chi connectivity index (χ1) is 68.9. The predicted octanol–water partition coefficient (Wildman–Crippen LogP) is 35.5. The van der Waals surface area contributed by atoms with Crippen molar-refractivity contribution in [1.29, 1.82) is 5.26 Å². The highest BCUT2D eigenvalue weighted by atomic mass is 15.1. The molecular formula is C123H61N17. The van der Waals surface area contributed by atoms with E-state index in [9.17, 15) is 5.26 Å². The number of aromatic nitrogens is 6. The largest absolute Gasteiger partial charge is 0.370 e. The van der Waals surface area contributed by atoms with Crippen LogP contribution in [0.5, 0.6) is 0 Å². The van der Waals surface area contributed by atoms with Gasteiger partial charge in [0.25, 0.3) is 17.3 Å². The molecule has 0 bridgehead atoms. The topological polar surface area (TPSA) is 111 Å². The molecule has 0 spiro atoms. The number of aryl methyl sites for hydroxylation is 2. The van der Waals surface area contributed by atoms with E-state index >= 15 is 0 Å². The quantitative estimate of drug-likeness (QED) is 0.127. The molecule has 0 amide bonds. The van der Waals surface area contributed by atoms with E-state index in [-0.39, 0.29) is 51.3 Å². The van der Waals surface area contributed by atoms with Gasteiger partial charge in [0, 0.05) is 111 Å². The third-order valence-corrected chi connectivity index (χ3v) is 27.6. The number of hydrogen-bond acceptors (Lipinski definition) is 3. The van der Waals surface area contributed by atoms with Crippen molar-refractivity contribution in [2.24, 2.45) is 0 Å². The molecule has 17 nitrogen and oxygen atoms in total. The van der Waals surface area contributed by atoms with Crippen LogP contribution >= 0.6 is 0 Å². The minimum atomic E-state index is -0.0768. The van der Waals surface area contributed by atoms with Crippen LogP contribution in [0.1, 0.15) is 16.7 Å². The van der Waals surface area contributed by atoms with E-state index in [1.165, 1.54) is 32.3 Å². The lowest BCUT2D eigenvalue weighted by Crippen LogP contribution is -1.99. The molecule has 0 radical (unpaired) electrons. The monoisotopic (exact) mass is 1780 g/mol. The molecule has 27 rings (SSSR count). The van der Waals surface area contributed by atoms with Crippen molar-refractivity contribution in [3.8, 4) is 28.3 Å². The van der Waals surface area contributed by atoms with Crippen LogP contribution in [0.4, 0.5) is 57.1 Å². The number of nitriles is 1. The first-order valence-corrected chi connectivity index (χ1v) is 44.7. The third-order valence-electron chi connectivity index (χ3n) is 27.6. The molecule has 140 heavy (non-hydrogen) atoms. The number of pyridine rings is 4. The van der Waals surface area contributed by atoms with Crippen molar-refractivity contribution < 1.29 is 0 Å². The maximum absolute atomic E-state index is 10.4. The van der Waals surface area contributed by atoms with Gasteiger partial charge in [-0.2, -0.15) is 5.26 Å². The van der Waals surface area contributed by atoms with E-state index in [4.69, 9.17) is 70.7 Å². The van der Waals surface area contributed by atoms with Gasteiger partial charge in [-0.3, -0.25) is 43.2 Å². The fraction of sp³-hybridized carbons (Fsp3) is 0.0163. The Kier molecular flexibility index (Phi) is 18.8. The highest BCUT2D eigenvalue weighted by Gasteiger charge is 2.32. The highest BCUT2D eigenvalue weighted by Crippen LogP contribution is 2.57. The summed E-state index contributed by atoms with van der Waals surface area (Å²) in [6.07, 6.45) is 8.24. The lowest BCUT2D eigenvalue weighted by molar-refractivity contribution is 1.20. The lowest BCUT2D eigenvalue weighted by atomic mass is 9.86. The molecule has 0 aliphatic rings. The fourth-order valence-corrected chi connectivity index (χ4v) is 21.9. The van der Waals surface area contributed by atoms with Crippen molar-refractivity contribution in [3.05, 3.63) is 465 Å². The Labute approximate surface area is 797 Å². The number of rotatable bonds is 2. The van der Waals surface area contributed by atoms with E-state index < -0.39 is 0 Å². The van der Waals surface area contributed by atoms with Gasteiger partial charge in [-0.15, -0.1) is 9.97 Å². The summed E-state index contributed by atoms with van der Waals surface area (Å²) in [4.78, 5) is 45.9. The molecule has 27 aromatic rings. The molecule has 0 N–H and O–H groups in total. The van der Waals surface area contributed by atoms with Gasteiger partial charge in [0.2, 0.25) is 22.6 Å². The zero-order valence-corrected chi connectivity index (χ0v) is 74.4. The lowest BCUT2D eigenvalue weighted by Gasteiger charge is -2.21. The van der Waals surface area contributed by atoms with Crippen molar-refractivity contribution >= 4 is 263 Å². The summed E-state index contributed by atoms with van der Waals surface area (Å²) in [5, 5.41) is 41.4. The van der Waals surface area contributed by atoms with E-state index in [1.54, 1.807) is 6.07 Å². The molecule has 638 valence electrons. The van der Waals surface area contributed by atoms with Crippen LogP contribution in [0, 0.1) is 90.9 Å². The van der Waals surface area contributed by atoms with Crippen LogP contribution in [0.15, 0.2) is 334 Å². The minimum absolute atomic E-state index is 0.0287. The van der Waals surface area contributed by atoms with Crippen LogP contribution in [0.2, 0.25) is 0 Å². The molecule has 0 saturated heterocycles. The van der Waals surface area contributed by atoms with Crippen LogP contribution in [0.25, 0.3) is 277 Å². The van der Waals surface area contributed by atoms with E-state index in [2.05, 4.69) is 276 Å². The zero-order chi connectivity index (χ0) is 95.1. The van der Waals surface area contributed by atoms with Crippen LogP contribution in [-0.2, 0) is 0 Å². The van der Waals surface area contributed by atoms with E-state index in [0.29, 0.717) is 33.4 Å². The average Bonchev–Trinajstić information content (AvgIpc) is 1.31. The number of fused-ring (bicyclic) bond motifs is 44. The summed E-state index contributed by atoms with van der Waals surface area (Å²) in [5.41, 5.74) is 14.8. The molecule has 18 aromatic carbocycles. The maximum atomic E-state index is 10.4. The molecule has 0 aliphatic heterocycles. The second-order valence-electron chi connectivity index (χ2n) is 34.4. The SMILES string of the molecule is [C-]#[N+]c1c([N+]#[C-])c(C#N)c2c(c1[N+]#[C-])c(-c1ccccc1-c1ccccc1C)c(C)c1c3ccccc3cn21.[C-]#[N+]c1cc2c(c([N+]#[C-])c1[N+]#[C-])c1c3ccccc3c3ccccc3c1c1c3ccccc3cn21.[C-]#[N+]c1cc2c3c4ccccc4c4ccccc4c3c3c4ccccc4cn3c2cc1[N+]#[C-].[C-]#[N+]c1nc2c3c4ccccc4c4ccccc4c3c3c4ccccc4cn3c2nc1[N+]#[C-]. The second-order valence-corrected chi connectivity index (χ2v) is 34.4. The summed E-state index contributed by atoms with van der Waals surface area (Å²) < 4.78 is 8.30. The Bertz CT molecular complexity index is 10700. The smallest absolute Gasteiger partial charge is 0.295 e. The van der Waals surface area contributed by atoms with Gasteiger partial charge in [0.1, 0.15) is 0 Å². The van der Waals surface area contributed by atoms with E-state index in [0.717, 1.165) is 185 Å². The first kappa shape index (κ1) is 82.1. The number of benzene rings is 18. The summed E-state index contributed by atoms with van der Waals surface area (Å²) in [6, 6.07) is 107. The molecule has 9 aromatic heterocycles. The van der Waals surface area contributed by atoms with Gasteiger partial charge < -0.3 is 22.9 Å². The van der Waals surface area contributed by atoms with Crippen LogP contribution in [0.3, 0.4) is 0 Å². The molecular weight excluding hydrogens is 1720 g/mol. The van der Waals surface area contributed by atoms with Crippen molar-refractivity contribution in [1.82, 2.24) is 27.6 Å². The van der Waals surface area contributed by atoms with Gasteiger partial charge in [0.05, 0.1) is 86.3 Å². The molecule has 0 aliphatic carbocycles. The fourth-order valence-electron chi connectivity index (χ4n) is 21.9. The zero-order valence-electron chi connectivity index (χ0n) is 74.4. The summed E-state index contributed by atoms with van der Waals surface area (Å²) >= 11 is 0. The van der Waals surface area contributed by atoms with Crippen LogP contribution in [-0.4, -0.2) is 27.6 Å². The third kappa shape index (κ3) is 11.8. The second kappa shape index (κ2) is 32.1. The van der Waals surface area contributed by atoms with Crippen molar-refractivity contribution in [3.63, 3.8) is 0 Å². The highest BCUT2D eigenvalue weighted by molar-refractivity contribution is 6.42. The van der Waals surface area contributed by atoms with Gasteiger partial charge in [-0.05, 0) is 146 Å². The first-order valence-electron chi connectivity index (χ1n) is 44.7. The molecule has 0 atom stereocenters. The molecule has 17 heteroatoms. The van der Waals surface area contributed by atoms with E-state index in [1.807, 2.05) is 143 Å². The Morgan fingerprint density at radius 2 is 0.600 bits per heavy atom. The van der Waals surface area contributed by atoms with Crippen molar-refractivity contribution in [2.45, 2.75) is 13.8 Å². The number of hydrogen-bond donors (Lipinski definition) is 0. The molecule has 0 unspecified atom stereocenters. The molecule has 0 fully saturated rings. The minimum Gasteiger partial charge on any atom is -0.370 e. The maximum Gasteiger partial charge on any atom is 0.295 e. The Hall–Kier alpha value is -21.1. The average molecular weight is 1780 g/mol. The summed E-state index contributed by atoms with van der Waals surface area (Å²) in [6.45, 7) is 82.1. The Balaban J connectivity index is 0.000000101. The van der Waals surface area contributed by atoms with Crippen LogP contribution < -0.4 is 0 Å². The van der Waals surface area contributed by atoms with Gasteiger partial charge >= 0.3 is 0 Å². The van der Waals surface area contributed by atoms with Crippen molar-refractivity contribution in [2.75, 3.05) is 0 Å². The molecule has 9 heterocycles. The Morgan fingerprint density at radius 1 is 0.250 bits per heavy atom. The standard InChI is InChI=1S/C34H19N5.C31H14N4.C30H15N3.C28H13N5/c1-20-12-6-8-14-23(20)25-16-10-11-17-26(25)28-21(2)33-24-15-9-7-13-22(24)19-39(33)34-27(18-35)30(36-3)32(38-5)31(37-4)29(28)34;1-32-24-16-25-28(30(34-3)29(24)33-2)26-22-14-8-6-12-20(22)21-13-7-9-15-23(21)27(26)31-19-11-5-4-10-18(19)17-35(25)31;1-31-25-15-24-27(16-26(25)32-2)33-17-18-9-3-4-10-19(18)30(33)29-23-14-8-6-12-21(23)20-11-5-7-13-22(20)28(24)29;1-29-26-27(30-2)32-28-24(31-26)22-20-13-7-5-11-18(20)19-12-6-8-14-21(19)23(22)25-17-10-4-3-9-16(17)15-33(25)28/h6-17,19H,1-2H3;4-17H;3-17H;3-15H. The number of nitrogens with zero attached hydrogens (tertiary/aromatic N) is 17. The predicted molar refractivity (Wildman–Crippen MR) is 570 cm³/mol. The Morgan fingerprint density at radius 3 is 1.06 bits per heavy atom. The summed E-state index contributed by atoms with van der Waals surface area (Å²) in [5.74, 6) is 0.0631. The van der Waals surface area contributed by atoms with Gasteiger partial charge in [-0.25, -0.2) is 0 Å². The van der Waals surface area contributed by atoms with Gasteiger partial charge in [-0.1, -0.05) is 310 Å².